The number of fused-ring (bicyclic) bond motifs is 1. The average molecular weight is 253 g/mol. The van der Waals surface area contributed by atoms with E-state index < -0.39 is 0 Å². The molecule has 2 nitrogen and oxygen atoms in total. The number of hydrogen-bond acceptors (Lipinski definition) is 2. The Kier molecular flexibility index (Phi) is 3.34. The Morgan fingerprint density at radius 2 is 1.84 bits per heavy atom. The van der Waals surface area contributed by atoms with Crippen molar-refractivity contribution in [3.63, 3.8) is 0 Å². The van der Waals surface area contributed by atoms with Crippen molar-refractivity contribution in [2.45, 2.75) is 31.7 Å². The highest BCUT2D eigenvalue weighted by Crippen LogP contribution is 2.29. The second-order valence-corrected chi connectivity index (χ2v) is 5.51. The van der Waals surface area contributed by atoms with Crippen molar-refractivity contribution in [2.24, 2.45) is 11.7 Å². The largest absolute Gasteiger partial charge is 0.328 e. The molecule has 2 heteroatoms. The molecule has 0 aliphatic heterocycles. The first-order valence-electron chi connectivity index (χ1n) is 7.03. The smallest absolute Gasteiger partial charge is 0.166 e. The van der Waals surface area contributed by atoms with Gasteiger partial charge in [0.1, 0.15) is 0 Å². The summed E-state index contributed by atoms with van der Waals surface area (Å²) >= 11 is 0. The topological polar surface area (TPSA) is 43.1 Å². The van der Waals surface area contributed by atoms with Gasteiger partial charge >= 0.3 is 0 Å². The van der Waals surface area contributed by atoms with Gasteiger partial charge in [0.05, 0.1) is 0 Å². The number of nitrogens with two attached hydrogens (primary N) is 1. The zero-order valence-electron chi connectivity index (χ0n) is 11.0. The maximum Gasteiger partial charge on any atom is 0.166 e. The monoisotopic (exact) mass is 253 g/mol. The minimum Gasteiger partial charge on any atom is -0.328 e. The van der Waals surface area contributed by atoms with Crippen LogP contribution in [-0.2, 0) is 0 Å². The van der Waals surface area contributed by atoms with Crippen LogP contribution in [0.1, 0.15) is 36.0 Å². The highest BCUT2D eigenvalue weighted by atomic mass is 16.1. The second-order valence-electron chi connectivity index (χ2n) is 5.51. The Balaban J connectivity index is 1.97. The van der Waals surface area contributed by atoms with Crippen molar-refractivity contribution >= 4 is 16.6 Å². The number of carbonyl (C=O) groups is 1. The predicted molar refractivity (Wildman–Crippen MR) is 78.2 cm³/mol. The molecule has 0 radical (unpaired) electrons. The average Bonchev–Trinajstić information content (AvgIpc) is 2.46. The molecule has 1 aliphatic carbocycles. The van der Waals surface area contributed by atoms with E-state index in [1.54, 1.807) is 0 Å². The zero-order valence-corrected chi connectivity index (χ0v) is 11.0. The molecule has 3 rings (SSSR count). The van der Waals surface area contributed by atoms with Crippen molar-refractivity contribution < 1.29 is 4.79 Å². The van der Waals surface area contributed by atoms with Crippen molar-refractivity contribution in [1.29, 1.82) is 0 Å². The summed E-state index contributed by atoms with van der Waals surface area (Å²) < 4.78 is 0. The quantitative estimate of drug-likeness (QED) is 0.832. The van der Waals surface area contributed by atoms with Crippen LogP contribution in [0, 0.1) is 5.92 Å². The van der Waals surface area contributed by atoms with E-state index in [-0.39, 0.29) is 17.7 Å². The van der Waals surface area contributed by atoms with E-state index in [0.29, 0.717) is 0 Å². The van der Waals surface area contributed by atoms with E-state index in [2.05, 4.69) is 12.1 Å². The van der Waals surface area contributed by atoms with Gasteiger partial charge in [0, 0.05) is 17.5 Å². The van der Waals surface area contributed by atoms with Gasteiger partial charge in [-0.2, -0.15) is 0 Å². The molecule has 2 aromatic rings. The number of ketones is 1. The summed E-state index contributed by atoms with van der Waals surface area (Å²) in [4.78, 5) is 12.7. The molecule has 1 aliphatic rings. The van der Waals surface area contributed by atoms with Crippen LogP contribution < -0.4 is 5.73 Å². The lowest BCUT2D eigenvalue weighted by atomic mass is 9.81. The van der Waals surface area contributed by atoms with Crippen LogP contribution in [0.4, 0.5) is 0 Å². The Morgan fingerprint density at radius 1 is 1.05 bits per heavy atom. The van der Waals surface area contributed by atoms with Gasteiger partial charge in [0.2, 0.25) is 0 Å². The van der Waals surface area contributed by atoms with E-state index in [0.717, 1.165) is 42.0 Å². The first kappa shape index (κ1) is 12.4. The first-order valence-corrected chi connectivity index (χ1v) is 7.03. The van der Waals surface area contributed by atoms with Gasteiger partial charge in [0.25, 0.3) is 0 Å². The summed E-state index contributed by atoms with van der Waals surface area (Å²) in [6, 6.07) is 14.3. The Labute approximate surface area is 113 Å². The Bertz CT molecular complexity index is 600. The van der Waals surface area contributed by atoms with Crippen LogP contribution in [0.15, 0.2) is 42.5 Å². The van der Waals surface area contributed by atoms with Gasteiger partial charge in [-0.15, -0.1) is 0 Å². The van der Waals surface area contributed by atoms with Crippen LogP contribution in [0.2, 0.25) is 0 Å². The fraction of sp³-hybridized carbons (Fsp3) is 0.353. The Morgan fingerprint density at radius 3 is 2.68 bits per heavy atom. The number of rotatable bonds is 2. The third-order valence-electron chi connectivity index (χ3n) is 4.14. The van der Waals surface area contributed by atoms with Gasteiger partial charge in [-0.3, -0.25) is 4.79 Å². The summed E-state index contributed by atoms with van der Waals surface area (Å²) in [7, 11) is 0. The number of Topliss-reactive ketones (excluding diaryl/α,β-unsaturated/α-hetero) is 1. The molecule has 2 unspecified atom stereocenters. The second kappa shape index (κ2) is 5.14. The number of benzene rings is 2. The van der Waals surface area contributed by atoms with Crippen molar-refractivity contribution in [3.05, 3.63) is 48.0 Å². The SMILES string of the molecule is NC1CCCC(C(=O)c2cccc3ccccc23)C1. The lowest BCUT2D eigenvalue weighted by Gasteiger charge is -2.25. The minimum atomic E-state index is 0.106. The predicted octanol–water partition coefficient (Wildman–Crippen LogP) is 3.54. The van der Waals surface area contributed by atoms with Gasteiger partial charge in [-0.25, -0.2) is 0 Å². The van der Waals surface area contributed by atoms with E-state index in [4.69, 9.17) is 5.73 Å². The third-order valence-corrected chi connectivity index (χ3v) is 4.14. The van der Waals surface area contributed by atoms with Gasteiger partial charge in [-0.1, -0.05) is 48.9 Å². The molecular weight excluding hydrogens is 234 g/mol. The highest BCUT2D eigenvalue weighted by molar-refractivity contribution is 6.09. The molecule has 2 aromatic carbocycles. The Hall–Kier alpha value is -1.67. The molecule has 2 atom stereocenters. The normalized spacial score (nSPS) is 23.4. The first-order chi connectivity index (χ1) is 9.25. The molecule has 1 saturated carbocycles. The fourth-order valence-corrected chi connectivity index (χ4v) is 3.13. The minimum absolute atomic E-state index is 0.106. The number of hydrogen-bond donors (Lipinski definition) is 1. The van der Waals surface area contributed by atoms with Gasteiger partial charge in [-0.05, 0) is 30.0 Å². The highest BCUT2D eigenvalue weighted by Gasteiger charge is 2.26. The van der Waals surface area contributed by atoms with Crippen LogP contribution in [0.25, 0.3) is 10.8 Å². The number of carbonyl (C=O) groups excluding carboxylic acids is 1. The maximum atomic E-state index is 12.7. The van der Waals surface area contributed by atoms with E-state index >= 15 is 0 Å². The summed E-state index contributed by atoms with van der Waals surface area (Å²) in [5.41, 5.74) is 6.86. The molecule has 19 heavy (non-hydrogen) atoms. The lowest BCUT2D eigenvalue weighted by Crippen LogP contribution is -2.31. The fourth-order valence-electron chi connectivity index (χ4n) is 3.13. The molecule has 0 bridgehead atoms. The van der Waals surface area contributed by atoms with E-state index in [1.165, 1.54) is 0 Å². The third kappa shape index (κ3) is 2.41. The molecule has 2 N–H and O–H groups in total. The molecule has 0 heterocycles. The van der Waals surface area contributed by atoms with Crippen LogP contribution in [0.3, 0.4) is 0 Å². The molecule has 0 amide bonds. The van der Waals surface area contributed by atoms with Gasteiger partial charge in [0.15, 0.2) is 5.78 Å². The standard InChI is InChI=1S/C17H19NO/c18-14-8-3-7-13(11-14)17(19)16-10-4-6-12-5-1-2-9-15(12)16/h1-2,4-6,9-10,13-14H,3,7-8,11,18H2. The summed E-state index contributed by atoms with van der Waals surface area (Å²) in [5.74, 6) is 0.376. The molecule has 0 saturated heterocycles. The van der Waals surface area contributed by atoms with Crippen LogP contribution in [-0.4, -0.2) is 11.8 Å². The molecule has 0 aromatic heterocycles. The summed E-state index contributed by atoms with van der Waals surface area (Å²) in [6.07, 6.45) is 3.94. The molecule has 98 valence electrons. The van der Waals surface area contributed by atoms with Crippen molar-refractivity contribution in [1.82, 2.24) is 0 Å². The van der Waals surface area contributed by atoms with E-state index in [9.17, 15) is 4.79 Å². The van der Waals surface area contributed by atoms with Crippen molar-refractivity contribution in [2.75, 3.05) is 0 Å². The van der Waals surface area contributed by atoms with Crippen LogP contribution in [0.5, 0.6) is 0 Å². The summed E-state index contributed by atoms with van der Waals surface area (Å²) in [5, 5.41) is 2.20. The van der Waals surface area contributed by atoms with Crippen LogP contribution >= 0.6 is 0 Å². The maximum absolute atomic E-state index is 12.7. The lowest BCUT2D eigenvalue weighted by molar-refractivity contribution is 0.0883. The summed E-state index contributed by atoms with van der Waals surface area (Å²) in [6.45, 7) is 0. The van der Waals surface area contributed by atoms with E-state index in [1.807, 2.05) is 30.3 Å². The molecule has 0 spiro atoms. The zero-order chi connectivity index (χ0) is 13.2. The van der Waals surface area contributed by atoms with Gasteiger partial charge < -0.3 is 5.73 Å². The molecule has 1 fully saturated rings. The van der Waals surface area contributed by atoms with Crippen molar-refractivity contribution in [3.8, 4) is 0 Å². The molecular formula is C17H19NO.